The normalized spacial score (nSPS) is 17.0. The summed E-state index contributed by atoms with van der Waals surface area (Å²) >= 11 is 0. The van der Waals surface area contributed by atoms with Crippen molar-refractivity contribution in [2.24, 2.45) is 5.73 Å². The molecule has 26 heavy (non-hydrogen) atoms. The molecule has 1 saturated heterocycles. The number of hydrogen-bond donors (Lipinski definition) is 1. The molecule has 0 spiro atoms. The Bertz CT molecular complexity index is 792. The number of ether oxygens (including phenoxy) is 1. The van der Waals surface area contributed by atoms with Gasteiger partial charge in [-0.25, -0.2) is 4.98 Å². The van der Waals surface area contributed by atoms with Gasteiger partial charge in [-0.2, -0.15) is 0 Å². The Kier molecular flexibility index (Phi) is 5.46. The van der Waals surface area contributed by atoms with E-state index >= 15 is 0 Å². The van der Waals surface area contributed by atoms with Crippen LogP contribution in [-0.4, -0.2) is 39.8 Å². The highest BCUT2D eigenvalue weighted by Crippen LogP contribution is 2.32. The standard InChI is InChI=1S/C19H22N4O3/c1-2-16(24)23-11-3-4-14(12-23)17-19(22-10-9-21-17)26-15-7-5-13(6-8-15)18(20)25/h5-10,14H,2-4,11-12H2,1H3,(H2,20,25)/t14-/m1/s1. The van der Waals surface area contributed by atoms with Gasteiger partial charge in [0, 0.05) is 43.4 Å². The van der Waals surface area contributed by atoms with Crippen LogP contribution in [0.25, 0.3) is 0 Å². The molecule has 0 unspecified atom stereocenters. The van der Waals surface area contributed by atoms with Crippen LogP contribution in [0, 0.1) is 0 Å². The van der Waals surface area contributed by atoms with Crippen molar-refractivity contribution in [2.45, 2.75) is 32.1 Å². The van der Waals surface area contributed by atoms with Crippen LogP contribution in [0.4, 0.5) is 0 Å². The topological polar surface area (TPSA) is 98.4 Å². The van der Waals surface area contributed by atoms with E-state index in [1.165, 1.54) is 0 Å². The fourth-order valence-corrected chi connectivity index (χ4v) is 3.14. The van der Waals surface area contributed by atoms with E-state index < -0.39 is 5.91 Å². The lowest BCUT2D eigenvalue weighted by atomic mass is 9.94. The Morgan fingerprint density at radius 1 is 1.23 bits per heavy atom. The number of nitrogens with zero attached hydrogens (tertiary/aromatic N) is 3. The first-order valence-corrected chi connectivity index (χ1v) is 8.75. The molecule has 1 fully saturated rings. The summed E-state index contributed by atoms with van der Waals surface area (Å²) < 4.78 is 5.89. The van der Waals surface area contributed by atoms with E-state index in [0.717, 1.165) is 25.1 Å². The maximum Gasteiger partial charge on any atom is 0.248 e. The molecule has 1 aliphatic rings. The van der Waals surface area contributed by atoms with Gasteiger partial charge >= 0.3 is 0 Å². The van der Waals surface area contributed by atoms with Gasteiger partial charge in [0.25, 0.3) is 0 Å². The molecule has 0 bridgehead atoms. The second-order valence-corrected chi connectivity index (χ2v) is 6.27. The molecule has 2 N–H and O–H groups in total. The predicted octanol–water partition coefficient (Wildman–Crippen LogP) is 2.48. The van der Waals surface area contributed by atoms with Crippen molar-refractivity contribution >= 4 is 11.8 Å². The number of carbonyl (C=O) groups is 2. The van der Waals surface area contributed by atoms with Gasteiger partial charge in [-0.15, -0.1) is 0 Å². The van der Waals surface area contributed by atoms with Crippen molar-refractivity contribution in [1.82, 2.24) is 14.9 Å². The number of carbonyl (C=O) groups excluding carboxylic acids is 2. The molecule has 1 aromatic carbocycles. The first-order valence-electron chi connectivity index (χ1n) is 8.75. The average molecular weight is 354 g/mol. The van der Waals surface area contributed by atoms with Crippen molar-refractivity contribution in [3.8, 4) is 11.6 Å². The number of aromatic nitrogens is 2. The third-order valence-corrected chi connectivity index (χ3v) is 4.51. The Morgan fingerprint density at radius 2 is 1.96 bits per heavy atom. The van der Waals surface area contributed by atoms with Crippen molar-refractivity contribution in [3.63, 3.8) is 0 Å². The fraction of sp³-hybridized carbons (Fsp3) is 0.368. The Labute approximate surface area is 152 Å². The molecule has 3 rings (SSSR count). The molecule has 136 valence electrons. The summed E-state index contributed by atoms with van der Waals surface area (Å²) in [4.78, 5) is 33.9. The zero-order valence-electron chi connectivity index (χ0n) is 14.7. The van der Waals surface area contributed by atoms with Gasteiger partial charge in [0.15, 0.2) is 0 Å². The van der Waals surface area contributed by atoms with E-state index in [0.29, 0.717) is 30.2 Å². The molecule has 1 aliphatic heterocycles. The number of primary amides is 1. The van der Waals surface area contributed by atoms with E-state index in [2.05, 4.69) is 9.97 Å². The minimum absolute atomic E-state index is 0.0906. The smallest absolute Gasteiger partial charge is 0.248 e. The lowest BCUT2D eigenvalue weighted by molar-refractivity contribution is -0.132. The van der Waals surface area contributed by atoms with Crippen molar-refractivity contribution in [3.05, 3.63) is 47.9 Å². The number of piperidine rings is 1. The largest absolute Gasteiger partial charge is 0.437 e. The second-order valence-electron chi connectivity index (χ2n) is 6.27. The van der Waals surface area contributed by atoms with Crippen LogP contribution in [0.15, 0.2) is 36.7 Å². The molecule has 2 amide bonds. The lowest BCUT2D eigenvalue weighted by Gasteiger charge is -2.32. The molecular weight excluding hydrogens is 332 g/mol. The minimum Gasteiger partial charge on any atom is -0.437 e. The van der Waals surface area contributed by atoms with Gasteiger partial charge < -0.3 is 15.4 Å². The lowest BCUT2D eigenvalue weighted by Crippen LogP contribution is -2.39. The van der Waals surface area contributed by atoms with Crippen molar-refractivity contribution in [1.29, 1.82) is 0 Å². The number of hydrogen-bond acceptors (Lipinski definition) is 5. The van der Waals surface area contributed by atoms with Crippen LogP contribution >= 0.6 is 0 Å². The van der Waals surface area contributed by atoms with Crippen molar-refractivity contribution in [2.75, 3.05) is 13.1 Å². The Balaban J connectivity index is 1.79. The molecule has 7 nitrogen and oxygen atoms in total. The Morgan fingerprint density at radius 3 is 2.65 bits per heavy atom. The van der Waals surface area contributed by atoms with Crippen LogP contribution in [-0.2, 0) is 4.79 Å². The zero-order valence-corrected chi connectivity index (χ0v) is 14.7. The minimum atomic E-state index is -0.486. The number of nitrogens with two attached hydrogens (primary N) is 1. The van der Waals surface area contributed by atoms with Crippen LogP contribution in [0.1, 0.15) is 48.2 Å². The van der Waals surface area contributed by atoms with Gasteiger partial charge in [0.2, 0.25) is 17.7 Å². The summed E-state index contributed by atoms with van der Waals surface area (Å²) in [5.74, 6) is 0.736. The molecular formula is C19H22N4O3. The second kappa shape index (κ2) is 7.95. The van der Waals surface area contributed by atoms with Crippen molar-refractivity contribution < 1.29 is 14.3 Å². The van der Waals surface area contributed by atoms with E-state index in [1.807, 2.05) is 11.8 Å². The maximum absolute atomic E-state index is 12.0. The molecule has 1 atom stereocenters. The van der Waals surface area contributed by atoms with E-state index in [-0.39, 0.29) is 11.8 Å². The van der Waals surface area contributed by atoms with Gasteiger partial charge in [0.05, 0.1) is 0 Å². The van der Waals surface area contributed by atoms with Crippen LogP contribution < -0.4 is 10.5 Å². The predicted molar refractivity (Wildman–Crippen MR) is 95.9 cm³/mol. The highest BCUT2D eigenvalue weighted by atomic mass is 16.5. The highest BCUT2D eigenvalue weighted by molar-refractivity contribution is 5.92. The first-order chi connectivity index (χ1) is 12.6. The number of likely N-dealkylation sites (tertiary alicyclic amines) is 1. The number of benzene rings is 1. The molecule has 2 aromatic rings. The van der Waals surface area contributed by atoms with Gasteiger partial charge in [-0.1, -0.05) is 6.92 Å². The Hall–Kier alpha value is -2.96. The average Bonchev–Trinajstić information content (AvgIpc) is 2.68. The van der Waals surface area contributed by atoms with E-state index in [4.69, 9.17) is 10.5 Å². The highest BCUT2D eigenvalue weighted by Gasteiger charge is 2.27. The quantitative estimate of drug-likeness (QED) is 0.889. The third-order valence-electron chi connectivity index (χ3n) is 4.51. The van der Waals surface area contributed by atoms with Gasteiger partial charge in [-0.3, -0.25) is 14.6 Å². The van der Waals surface area contributed by atoms with Crippen LogP contribution in [0.5, 0.6) is 11.6 Å². The monoisotopic (exact) mass is 354 g/mol. The zero-order chi connectivity index (χ0) is 18.5. The van der Waals surface area contributed by atoms with Gasteiger partial charge in [-0.05, 0) is 37.1 Å². The van der Waals surface area contributed by atoms with Crippen LogP contribution in [0.2, 0.25) is 0 Å². The summed E-state index contributed by atoms with van der Waals surface area (Å²) in [6.45, 7) is 3.29. The molecule has 0 saturated carbocycles. The van der Waals surface area contributed by atoms with E-state index in [1.54, 1.807) is 36.7 Å². The summed E-state index contributed by atoms with van der Waals surface area (Å²) in [6.07, 6.45) is 5.58. The summed E-state index contributed by atoms with van der Waals surface area (Å²) in [5, 5.41) is 0. The van der Waals surface area contributed by atoms with Gasteiger partial charge in [0.1, 0.15) is 11.4 Å². The number of amides is 2. The molecule has 0 aliphatic carbocycles. The summed E-state index contributed by atoms with van der Waals surface area (Å²) in [5.41, 5.74) is 6.42. The van der Waals surface area contributed by atoms with Crippen LogP contribution in [0.3, 0.4) is 0 Å². The SMILES string of the molecule is CCC(=O)N1CCC[C@@H](c2nccnc2Oc2ccc(C(N)=O)cc2)C1. The fourth-order valence-electron chi connectivity index (χ4n) is 3.14. The maximum atomic E-state index is 12.0. The molecule has 7 heteroatoms. The first kappa shape index (κ1) is 17.8. The third kappa shape index (κ3) is 3.99. The molecule has 2 heterocycles. The molecule has 0 radical (unpaired) electrons. The van der Waals surface area contributed by atoms with E-state index in [9.17, 15) is 9.59 Å². The number of rotatable bonds is 5. The summed E-state index contributed by atoms with van der Waals surface area (Å²) in [7, 11) is 0. The molecule has 1 aromatic heterocycles. The summed E-state index contributed by atoms with van der Waals surface area (Å²) in [6, 6.07) is 6.56.